The van der Waals surface area contributed by atoms with Crippen molar-refractivity contribution in [1.82, 2.24) is 10.2 Å². The lowest BCUT2D eigenvalue weighted by Gasteiger charge is -2.36. The number of amides is 2. The van der Waals surface area contributed by atoms with E-state index in [0.717, 1.165) is 43.1 Å². The van der Waals surface area contributed by atoms with Crippen molar-refractivity contribution in [3.63, 3.8) is 0 Å². The van der Waals surface area contributed by atoms with Crippen LogP contribution in [0.25, 0.3) is 0 Å². The number of nitrogens with one attached hydrogen (secondary N) is 1. The molecule has 0 atom stereocenters. The number of piperazine rings is 1. The minimum atomic E-state index is 0.0285. The number of carbonyl (C=O) groups is 1. The topological polar surface area (TPSA) is 44.8 Å². The molecular formula is C16H24ClN3O2. The maximum Gasteiger partial charge on any atom is 0.317 e. The Balaban J connectivity index is 2.02. The first-order chi connectivity index (χ1) is 10.6. The summed E-state index contributed by atoms with van der Waals surface area (Å²) in [5, 5.41) is 3.63. The van der Waals surface area contributed by atoms with Gasteiger partial charge >= 0.3 is 6.03 Å². The van der Waals surface area contributed by atoms with E-state index in [4.69, 9.17) is 16.3 Å². The van der Waals surface area contributed by atoms with Crippen molar-refractivity contribution in [3.8, 4) is 5.75 Å². The van der Waals surface area contributed by atoms with Crippen LogP contribution in [0.15, 0.2) is 12.1 Å². The summed E-state index contributed by atoms with van der Waals surface area (Å²) in [5.41, 5.74) is 2.07. The van der Waals surface area contributed by atoms with Gasteiger partial charge in [-0.15, -0.1) is 0 Å². The second-order valence-corrected chi connectivity index (χ2v) is 5.89. The molecule has 0 bridgehead atoms. The lowest BCUT2D eigenvalue weighted by Crippen LogP contribution is -2.52. The van der Waals surface area contributed by atoms with Crippen LogP contribution in [0.3, 0.4) is 0 Å². The molecule has 6 heteroatoms. The largest absolute Gasteiger partial charge is 0.495 e. The number of ether oxygens (including phenoxy) is 1. The Bertz CT molecular complexity index is 528. The predicted octanol–water partition coefficient (Wildman–Crippen LogP) is 2.90. The first kappa shape index (κ1) is 16.7. The van der Waals surface area contributed by atoms with Gasteiger partial charge in [0.05, 0.1) is 12.8 Å². The molecule has 1 heterocycles. The first-order valence-corrected chi connectivity index (χ1v) is 8.06. The molecule has 0 aromatic heterocycles. The van der Waals surface area contributed by atoms with Crippen molar-refractivity contribution in [2.24, 2.45) is 0 Å². The maximum atomic E-state index is 12.0. The molecule has 1 aromatic carbocycles. The van der Waals surface area contributed by atoms with Gasteiger partial charge in [-0.3, -0.25) is 0 Å². The summed E-state index contributed by atoms with van der Waals surface area (Å²) in [5.74, 6) is 0.777. The smallest absolute Gasteiger partial charge is 0.317 e. The third-order valence-corrected chi connectivity index (χ3v) is 4.30. The average molecular weight is 326 g/mol. The van der Waals surface area contributed by atoms with Crippen molar-refractivity contribution < 1.29 is 9.53 Å². The molecule has 5 nitrogen and oxygen atoms in total. The molecule has 0 spiro atoms. The van der Waals surface area contributed by atoms with Gasteiger partial charge in [-0.2, -0.15) is 0 Å². The van der Waals surface area contributed by atoms with Gasteiger partial charge in [-0.25, -0.2) is 4.79 Å². The molecule has 2 rings (SSSR count). The van der Waals surface area contributed by atoms with E-state index in [1.165, 1.54) is 0 Å². The van der Waals surface area contributed by atoms with E-state index in [1.54, 1.807) is 7.11 Å². The summed E-state index contributed by atoms with van der Waals surface area (Å²) in [6, 6.07) is 3.93. The van der Waals surface area contributed by atoms with Gasteiger partial charge in [-0.05, 0) is 25.0 Å². The van der Waals surface area contributed by atoms with E-state index >= 15 is 0 Å². The molecule has 22 heavy (non-hydrogen) atoms. The highest BCUT2D eigenvalue weighted by Gasteiger charge is 2.23. The van der Waals surface area contributed by atoms with E-state index in [1.807, 2.05) is 30.9 Å². The zero-order chi connectivity index (χ0) is 16.1. The lowest BCUT2D eigenvalue weighted by molar-refractivity contribution is 0.194. The number of hydrogen-bond acceptors (Lipinski definition) is 3. The molecule has 0 aliphatic carbocycles. The fourth-order valence-corrected chi connectivity index (χ4v) is 2.71. The highest BCUT2D eigenvalue weighted by molar-refractivity contribution is 6.31. The van der Waals surface area contributed by atoms with Gasteiger partial charge in [0.25, 0.3) is 0 Å². The van der Waals surface area contributed by atoms with Crippen LogP contribution in [0, 0.1) is 6.92 Å². The molecule has 0 radical (unpaired) electrons. The third kappa shape index (κ3) is 3.77. The second-order valence-electron chi connectivity index (χ2n) is 5.48. The molecule has 0 saturated carbocycles. The molecule has 1 N–H and O–H groups in total. The highest BCUT2D eigenvalue weighted by atomic mass is 35.5. The standard InChI is InChI=1S/C16H24ClN3O2/c1-4-5-18-16(21)20-8-6-19(7-9-20)14-10-12(2)13(17)11-15(14)22-3/h10-11H,4-9H2,1-3H3,(H,18,21). The molecule has 1 aliphatic rings. The van der Waals surface area contributed by atoms with Crippen molar-refractivity contribution in [1.29, 1.82) is 0 Å². The van der Waals surface area contributed by atoms with E-state index in [-0.39, 0.29) is 6.03 Å². The quantitative estimate of drug-likeness (QED) is 0.925. The van der Waals surface area contributed by atoms with Crippen molar-refractivity contribution in [2.75, 3.05) is 44.7 Å². The minimum absolute atomic E-state index is 0.0285. The second kappa shape index (κ2) is 7.58. The van der Waals surface area contributed by atoms with E-state index in [9.17, 15) is 4.79 Å². The molecule has 1 saturated heterocycles. The van der Waals surface area contributed by atoms with Crippen LogP contribution in [0.5, 0.6) is 5.75 Å². The number of anilines is 1. The minimum Gasteiger partial charge on any atom is -0.495 e. The van der Waals surface area contributed by atoms with Gasteiger partial charge < -0.3 is 19.9 Å². The Morgan fingerprint density at radius 2 is 2.00 bits per heavy atom. The molecule has 122 valence electrons. The molecule has 1 aliphatic heterocycles. The van der Waals surface area contributed by atoms with Crippen LogP contribution >= 0.6 is 11.6 Å². The Morgan fingerprint density at radius 3 is 2.59 bits per heavy atom. The molecule has 1 aromatic rings. The van der Waals surface area contributed by atoms with Crippen LogP contribution in [0.2, 0.25) is 5.02 Å². The summed E-state index contributed by atoms with van der Waals surface area (Å²) in [4.78, 5) is 16.1. The van der Waals surface area contributed by atoms with E-state index < -0.39 is 0 Å². The van der Waals surface area contributed by atoms with Crippen molar-refractivity contribution in [3.05, 3.63) is 22.7 Å². The third-order valence-electron chi connectivity index (χ3n) is 3.89. The van der Waals surface area contributed by atoms with Crippen LogP contribution < -0.4 is 15.0 Å². The summed E-state index contributed by atoms with van der Waals surface area (Å²) in [6.07, 6.45) is 0.951. The number of rotatable bonds is 4. The van der Waals surface area contributed by atoms with Gasteiger partial charge in [0.2, 0.25) is 0 Å². The maximum absolute atomic E-state index is 12.0. The summed E-state index contributed by atoms with van der Waals surface area (Å²) in [6.45, 7) is 7.75. The number of halogens is 1. The number of methoxy groups -OCH3 is 1. The van der Waals surface area contributed by atoms with Gasteiger partial charge in [0.1, 0.15) is 5.75 Å². The fraction of sp³-hybridized carbons (Fsp3) is 0.562. The summed E-state index contributed by atoms with van der Waals surface area (Å²) >= 11 is 6.16. The predicted molar refractivity (Wildman–Crippen MR) is 90.2 cm³/mol. The number of benzene rings is 1. The zero-order valence-corrected chi connectivity index (χ0v) is 14.2. The average Bonchev–Trinajstić information content (AvgIpc) is 2.54. The molecular weight excluding hydrogens is 302 g/mol. The number of carbonyl (C=O) groups excluding carboxylic acids is 1. The van der Waals surface area contributed by atoms with E-state index in [2.05, 4.69) is 10.2 Å². The Morgan fingerprint density at radius 1 is 1.32 bits per heavy atom. The molecule has 0 unspecified atom stereocenters. The van der Waals surface area contributed by atoms with E-state index in [0.29, 0.717) is 18.1 Å². The van der Waals surface area contributed by atoms with Crippen LogP contribution in [-0.4, -0.2) is 50.8 Å². The normalized spacial score (nSPS) is 14.9. The fourth-order valence-electron chi connectivity index (χ4n) is 2.55. The van der Waals surface area contributed by atoms with Crippen molar-refractivity contribution in [2.45, 2.75) is 20.3 Å². The number of hydrogen-bond donors (Lipinski definition) is 1. The first-order valence-electron chi connectivity index (χ1n) is 7.68. The number of nitrogens with zero attached hydrogens (tertiary/aromatic N) is 2. The van der Waals surface area contributed by atoms with Crippen molar-refractivity contribution >= 4 is 23.3 Å². The Labute approximate surface area is 137 Å². The Hall–Kier alpha value is -1.62. The van der Waals surface area contributed by atoms with Gasteiger partial charge in [0.15, 0.2) is 0 Å². The lowest BCUT2D eigenvalue weighted by atomic mass is 10.1. The Kier molecular flexibility index (Phi) is 5.77. The van der Waals surface area contributed by atoms with Crippen LogP contribution in [-0.2, 0) is 0 Å². The van der Waals surface area contributed by atoms with Crippen LogP contribution in [0.4, 0.5) is 10.5 Å². The monoisotopic (exact) mass is 325 g/mol. The SMILES string of the molecule is CCCNC(=O)N1CCN(c2cc(C)c(Cl)cc2OC)CC1. The summed E-state index contributed by atoms with van der Waals surface area (Å²) < 4.78 is 5.44. The van der Waals surface area contributed by atoms with Gasteiger partial charge in [-0.1, -0.05) is 18.5 Å². The number of aryl methyl sites for hydroxylation is 1. The highest BCUT2D eigenvalue weighted by Crippen LogP contribution is 2.34. The molecule has 2 amide bonds. The number of urea groups is 1. The van der Waals surface area contributed by atoms with Crippen LogP contribution in [0.1, 0.15) is 18.9 Å². The van der Waals surface area contributed by atoms with Gasteiger partial charge in [0, 0.05) is 43.8 Å². The summed E-state index contributed by atoms with van der Waals surface area (Å²) in [7, 11) is 1.65. The molecule has 1 fully saturated rings. The zero-order valence-electron chi connectivity index (χ0n) is 13.5.